The van der Waals surface area contributed by atoms with Crippen LogP contribution in [-0.2, 0) is 11.8 Å². The Labute approximate surface area is 130 Å². The highest BCUT2D eigenvalue weighted by atomic mass is 16.5. The van der Waals surface area contributed by atoms with Crippen molar-refractivity contribution in [2.24, 2.45) is 0 Å². The zero-order valence-corrected chi connectivity index (χ0v) is 14.4. The molecule has 0 amide bonds. The van der Waals surface area contributed by atoms with Gasteiger partial charge >= 0.3 is 0 Å². The molecular formula is C19H31NO. The molecule has 21 heavy (non-hydrogen) atoms. The summed E-state index contributed by atoms with van der Waals surface area (Å²) in [5, 5.41) is 3.26. The Kier molecular flexibility index (Phi) is 4.98. The van der Waals surface area contributed by atoms with Crippen LogP contribution in [0.3, 0.4) is 0 Å². The van der Waals surface area contributed by atoms with Gasteiger partial charge in [0.05, 0.1) is 0 Å². The average molecular weight is 289 g/mol. The lowest BCUT2D eigenvalue weighted by atomic mass is 9.77. The van der Waals surface area contributed by atoms with Gasteiger partial charge in [-0.25, -0.2) is 0 Å². The van der Waals surface area contributed by atoms with E-state index in [4.69, 9.17) is 4.74 Å². The molecular weight excluding hydrogens is 258 g/mol. The fraction of sp³-hybridized carbons (Fsp3) is 0.684. The van der Waals surface area contributed by atoms with Gasteiger partial charge in [0, 0.05) is 0 Å². The molecule has 0 bridgehead atoms. The first-order valence-electron chi connectivity index (χ1n) is 8.37. The van der Waals surface area contributed by atoms with Crippen LogP contribution < -0.4 is 10.1 Å². The molecule has 1 aromatic carbocycles. The van der Waals surface area contributed by atoms with E-state index >= 15 is 0 Å². The summed E-state index contributed by atoms with van der Waals surface area (Å²) < 4.78 is 6.56. The Morgan fingerprint density at radius 1 is 1.24 bits per heavy atom. The zero-order chi connectivity index (χ0) is 15.5. The Bertz CT molecular complexity index is 469. The summed E-state index contributed by atoms with van der Waals surface area (Å²) in [6.07, 6.45) is 5.85. The van der Waals surface area contributed by atoms with Gasteiger partial charge < -0.3 is 10.1 Å². The van der Waals surface area contributed by atoms with Crippen LogP contribution in [0.4, 0.5) is 0 Å². The maximum atomic E-state index is 6.56. The summed E-state index contributed by atoms with van der Waals surface area (Å²) in [5.74, 6) is 1.09. The normalized spacial score (nSPS) is 17.4. The van der Waals surface area contributed by atoms with Gasteiger partial charge in [-0.3, -0.25) is 0 Å². The van der Waals surface area contributed by atoms with Crippen molar-refractivity contribution in [2.75, 3.05) is 13.6 Å². The number of rotatable bonds is 6. The van der Waals surface area contributed by atoms with Crippen LogP contribution in [-0.4, -0.2) is 19.2 Å². The molecule has 2 nitrogen and oxygen atoms in total. The van der Waals surface area contributed by atoms with E-state index in [1.165, 1.54) is 30.4 Å². The second-order valence-electron chi connectivity index (χ2n) is 7.43. The number of aryl methyl sites for hydroxylation is 1. The highest BCUT2D eigenvalue weighted by Gasteiger charge is 2.39. The highest BCUT2D eigenvalue weighted by molar-refractivity contribution is 5.42. The van der Waals surface area contributed by atoms with E-state index in [1.807, 2.05) is 7.05 Å². The number of nitrogens with one attached hydrogen (secondary N) is 1. The minimum Gasteiger partial charge on any atom is -0.487 e. The minimum absolute atomic E-state index is 0.0662. The molecule has 1 aromatic rings. The quantitative estimate of drug-likeness (QED) is 0.835. The topological polar surface area (TPSA) is 21.3 Å². The van der Waals surface area contributed by atoms with E-state index < -0.39 is 0 Å². The molecule has 2 heteroatoms. The highest BCUT2D eigenvalue weighted by Crippen LogP contribution is 2.42. The molecule has 0 radical (unpaired) electrons. The molecule has 1 fully saturated rings. The van der Waals surface area contributed by atoms with Crippen molar-refractivity contribution in [3.05, 3.63) is 29.3 Å². The summed E-state index contributed by atoms with van der Waals surface area (Å²) in [6, 6.07) is 6.74. The average Bonchev–Trinajstić information content (AvgIpc) is 2.40. The summed E-state index contributed by atoms with van der Waals surface area (Å²) in [6.45, 7) is 10.1. The van der Waals surface area contributed by atoms with Crippen molar-refractivity contribution in [1.29, 1.82) is 0 Å². The Morgan fingerprint density at radius 3 is 2.43 bits per heavy atom. The third kappa shape index (κ3) is 3.79. The first-order valence-corrected chi connectivity index (χ1v) is 8.37. The van der Waals surface area contributed by atoms with Gasteiger partial charge in [-0.1, -0.05) is 39.8 Å². The lowest BCUT2D eigenvalue weighted by Gasteiger charge is -2.43. The monoisotopic (exact) mass is 289 g/mol. The first kappa shape index (κ1) is 16.4. The van der Waals surface area contributed by atoms with E-state index in [0.29, 0.717) is 0 Å². The van der Waals surface area contributed by atoms with Crippen LogP contribution in [0, 0.1) is 0 Å². The summed E-state index contributed by atoms with van der Waals surface area (Å²) in [4.78, 5) is 0. The van der Waals surface area contributed by atoms with Crippen LogP contribution >= 0.6 is 0 Å². The van der Waals surface area contributed by atoms with E-state index in [9.17, 15) is 0 Å². The number of hydrogen-bond acceptors (Lipinski definition) is 2. The second kappa shape index (κ2) is 6.39. The van der Waals surface area contributed by atoms with E-state index in [1.54, 1.807) is 0 Å². The molecule has 0 heterocycles. The zero-order valence-electron chi connectivity index (χ0n) is 14.4. The lowest BCUT2D eigenvalue weighted by Crippen LogP contribution is -2.45. The third-order valence-electron chi connectivity index (χ3n) is 4.68. The van der Waals surface area contributed by atoms with Crippen molar-refractivity contribution < 1.29 is 4.74 Å². The summed E-state index contributed by atoms with van der Waals surface area (Å²) in [5.41, 5.74) is 2.92. The molecule has 1 aliphatic carbocycles. The second-order valence-corrected chi connectivity index (χ2v) is 7.43. The van der Waals surface area contributed by atoms with Crippen molar-refractivity contribution in [3.8, 4) is 5.75 Å². The van der Waals surface area contributed by atoms with Gasteiger partial charge in [0.25, 0.3) is 0 Å². The van der Waals surface area contributed by atoms with Crippen LogP contribution in [0.25, 0.3) is 0 Å². The van der Waals surface area contributed by atoms with E-state index in [2.05, 4.69) is 51.2 Å². The third-order valence-corrected chi connectivity index (χ3v) is 4.68. The lowest BCUT2D eigenvalue weighted by molar-refractivity contribution is -0.0152. The van der Waals surface area contributed by atoms with Gasteiger partial charge in [0.2, 0.25) is 0 Å². The number of ether oxygens (including phenoxy) is 1. The van der Waals surface area contributed by atoms with Crippen LogP contribution in [0.2, 0.25) is 0 Å². The van der Waals surface area contributed by atoms with E-state index in [-0.39, 0.29) is 11.0 Å². The van der Waals surface area contributed by atoms with Crippen molar-refractivity contribution in [1.82, 2.24) is 5.32 Å². The molecule has 0 atom stereocenters. The van der Waals surface area contributed by atoms with Crippen LogP contribution in [0.15, 0.2) is 18.2 Å². The molecule has 1 saturated carbocycles. The predicted octanol–water partition coefficient (Wildman–Crippen LogP) is 4.46. The Morgan fingerprint density at radius 2 is 1.95 bits per heavy atom. The van der Waals surface area contributed by atoms with Gasteiger partial charge in [-0.05, 0) is 68.3 Å². The maximum Gasteiger partial charge on any atom is 0.123 e. The fourth-order valence-corrected chi connectivity index (χ4v) is 3.03. The Balaban J connectivity index is 2.26. The molecule has 2 rings (SSSR count). The van der Waals surface area contributed by atoms with Crippen molar-refractivity contribution in [3.63, 3.8) is 0 Å². The standard InChI is InChI=1S/C19H31NO/c1-6-15-8-9-17(16(14-15)18(2,3)4)21-19(10-7-11-19)12-13-20-5/h8-9,14,20H,6-7,10-13H2,1-5H3. The number of benzene rings is 1. The molecule has 0 aromatic heterocycles. The van der Waals surface area contributed by atoms with Crippen molar-refractivity contribution in [2.45, 2.75) is 70.8 Å². The van der Waals surface area contributed by atoms with Gasteiger partial charge in [0.15, 0.2) is 0 Å². The number of hydrogen-bond donors (Lipinski definition) is 1. The summed E-state index contributed by atoms with van der Waals surface area (Å²) >= 11 is 0. The van der Waals surface area contributed by atoms with E-state index in [0.717, 1.165) is 25.1 Å². The molecule has 118 valence electrons. The van der Waals surface area contributed by atoms with Gasteiger partial charge in [0.1, 0.15) is 11.4 Å². The molecule has 1 N–H and O–H groups in total. The molecule has 0 spiro atoms. The van der Waals surface area contributed by atoms with Gasteiger partial charge in [-0.2, -0.15) is 0 Å². The van der Waals surface area contributed by atoms with Crippen molar-refractivity contribution >= 4 is 0 Å². The van der Waals surface area contributed by atoms with Gasteiger partial charge in [-0.15, -0.1) is 0 Å². The molecule has 1 aliphatic rings. The molecule has 0 saturated heterocycles. The Hall–Kier alpha value is -1.02. The molecule has 0 unspecified atom stereocenters. The summed E-state index contributed by atoms with van der Waals surface area (Å²) in [7, 11) is 2.02. The SMILES string of the molecule is CCc1ccc(OC2(CCNC)CCC2)c(C(C)(C)C)c1. The largest absolute Gasteiger partial charge is 0.487 e. The van der Waals surface area contributed by atoms with Crippen LogP contribution in [0.1, 0.15) is 64.5 Å². The minimum atomic E-state index is 0.0662. The predicted molar refractivity (Wildman–Crippen MR) is 90.3 cm³/mol. The maximum absolute atomic E-state index is 6.56. The fourth-order valence-electron chi connectivity index (χ4n) is 3.03. The van der Waals surface area contributed by atoms with Crippen LogP contribution in [0.5, 0.6) is 5.75 Å². The smallest absolute Gasteiger partial charge is 0.123 e. The first-order chi connectivity index (χ1) is 9.90. The molecule has 0 aliphatic heterocycles.